The van der Waals surface area contributed by atoms with Crippen LogP contribution < -0.4 is 10.6 Å². The van der Waals surface area contributed by atoms with Crippen molar-refractivity contribution in [3.8, 4) is 0 Å². The van der Waals surface area contributed by atoms with Gasteiger partial charge in [0.25, 0.3) is 0 Å². The number of halogens is 1. The van der Waals surface area contributed by atoms with Gasteiger partial charge in [0.1, 0.15) is 5.82 Å². The first kappa shape index (κ1) is 23.6. The molecule has 4 heteroatoms. The molecule has 1 atom stereocenters. The first-order chi connectivity index (χ1) is 14.5. The summed E-state index contributed by atoms with van der Waals surface area (Å²) < 4.78 is 0. The number of nitrogens with zero attached hydrogens (tertiary/aromatic N) is 1. The standard InChI is InChI=1S/C23H26ClN3.C3H8/c1-4-17-9-8-10-18(15-17)20(5-2)23-26-19(13-14-27(23)3)16-25-22-12-7-6-11-21(22)24;1-3-2/h5-15,19,25-26H,2,4,16H2,1,3H3;3H2,1-2H3/b23-20+;. The molecule has 1 heterocycles. The monoisotopic (exact) mass is 423 g/mol. The molecule has 2 aromatic carbocycles. The number of nitrogens with one attached hydrogen (secondary N) is 2. The van der Waals surface area contributed by atoms with Crippen molar-refractivity contribution in [2.24, 2.45) is 0 Å². The summed E-state index contributed by atoms with van der Waals surface area (Å²) in [4.78, 5) is 2.10. The number of aryl methyl sites for hydroxylation is 1. The van der Waals surface area contributed by atoms with Crippen LogP contribution in [0.15, 0.2) is 79.3 Å². The Morgan fingerprint density at radius 1 is 1.17 bits per heavy atom. The quantitative estimate of drug-likeness (QED) is 0.541. The van der Waals surface area contributed by atoms with Crippen LogP contribution in [0.1, 0.15) is 38.3 Å². The zero-order valence-electron chi connectivity index (χ0n) is 18.6. The number of para-hydroxylation sites is 1. The third kappa shape index (κ3) is 6.43. The highest BCUT2D eigenvalue weighted by Gasteiger charge is 2.18. The Balaban J connectivity index is 0.00000101. The van der Waals surface area contributed by atoms with Gasteiger partial charge in [-0.25, -0.2) is 0 Å². The lowest BCUT2D eigenvalue weighted by Crippen LogP contribution is -2.41. The Labute approximate surface area is 187 Å². The lowest BCUT2D eigenvalue weighted by Gasteiger charge is -2.32. The van der Waals surface area contributed by atoms with Crippen molar-refractivity contribution < 1.29 is 0 Å². The SMILES string of the molecule is C=C/C(=C1/NC(CNc2ccccc2Cl)C=CN1C)c1cccc(CC)c1.CCC. The molecule has 3 rings (SSSR count). The third-order valence-corrected chi connectivity index (χ3v) is 5.04. The molecule has 0 bridgehead atoms. The first-order valence-corrected chi connectivity index (χ1v) is 11.0. The number of hydrogen-bond donors (Lipinski definition) is 2. The molecule has 0 spiro atoms. The minimum atomic E-state index is 0.150. The number of allylic oxidation sites excluding steroid dienone is 2. The Morgan fingerprint density at radius 2 is 1.90 bits per heavy atom. The van der Waals surface area contributed by atoms with Crippen LogP contribution in [0, 0.1) is 0 Å². The van der Waals surface area contributed by atoms with E-state index in [1.807, 2.05) is 37.4 Å². The second kappa shape index (κ2) is 12.1. The smallest absolute Gasteiger partial charge is 0.114 e. The highest BCUT2D eigenvalue weighted by molar-refractivity contribution is 6.33. The fraction of sp³-hybridized carbons (Fsp3) is 0.308. The fourth-order valence-electron chi connectivity index (χ4n) is 3.15. The van der Waals surface area contributed by atoms with Gasteiger partial charge in [-0.3, -0.25) is 0 Å². The predicted octanol–water partition coefficient (Wildman–Crippen LogP) is 6.70. The van der Waals surface area contributed by atoms with Crippen LogP contribution in [0.3, 0.4) is 0 Å². The fourth-order valence-corrected chi connectivity index (χ4v) is 3.36. The third-order valence-electron chi connectivity index (χ3n) is 4.71. The van der Waals surface area contributed by atoms with Crippen molar-refractivity contribution in [1.29, 1.82) is 0 Å². The maximum absolute atomic E-state index is 6.24. The summed E-state index contributed by atoms with van der Waals surface area (Å²) >= 11 is 6.24. The van der Waals surface area contributed by atoms with Gasteiger partial charge in [-0.1, -0.05) is 87.8 Å². The second-order valence-corrected chi connectivity index (χ2v) is 7.70. The second-order valence-electron chi connectivity index (χ2n) is 7.29. The average Bonchev–Trinajstić information content (AvgIpc) is 2.76. The minimum absolute atomic E-state index is 0.150. The molecule has 0 saturated heterocycles. The molecule has 1 unspecified atom stereocenters. The van der Waals surface area contributed by atoms with E-state index in [9.17, 15) is 0 Å². The van der Waals surface area contributed by atoms with Crippen molar-refractivity contribution >= 4 is 22.9 Å². The van der Waals surface area contributed by atoms with E-state index >= 15 is 0 Å². The molecule has 2 aromatic rings. The molecule has 0 amide bonds. The van der Waals surface area contributed by atoms with E-state index in [0.717, 1.165) is 35.1 Å². The van der Waals surface area contributed by atoms with E-state index in [-0.39, 0.29) is 6.04 Å². The highest BCUT2D eigenvalue weighted by Crippen LogP contribution is 2.25. The van der Waals surface area contributed by atoms with Crippen molar-refractivity contribution in [1.82, 2.24) is 10.2 Å². The zero-order chi connectivity index (χ0) is 21.9. The van der Waals surface area contributed by atoms with Crippen molar-refractivity contribution in [3.63, 3.8) is 0 Å². The Bertz CT molecular complexity index is 885. The molecule has 160 valence electrons. The maximum atomic E-state index is 6.24. The highest BCUT2D eigenvalue weighted by atomic mass is 35.5. The molecule has 30 heavy (non-hydrogen) atoms. The van der Waals surface area contributed by atoms with Crippen molar-refractivity contribution in [2.75, 3.05) is 18.9 Å². The minimum Gasteiger partial charge on any atom is -0.381 e. The van der Waals surface area contributed by atoms with Gasteiger partial charge in [-0.2, -0.15) is 0 Å². The molecule has 0 radical (unpaired) electrons. The molecule has 0 aliphatic carbocycles. The Hall–Kier alpha value is -2.65. The molecule has 3 nitrogen and oxygen atoms in total. The topological polar surface area (TPSA) is 27.3 Å². The number of benzene rings is 2. The molecule has 1 aliphatic rings. The van der Waals surface area contributed by atoms with Crippen LogP contribution >= 0.6 is 11.6 Å². The maximum Gasteiger partial charge on any atom is 0.114 e. The van der Waals surface area contributed by atoms with Crippen molar-refractivity contribution in [3.05, 3.63) is 95.4 Å². The van der Waals surface area contributed by atoms with E-state index in [1.165, 1.54) is 17.5 Å². The van der Waals surface area contributed by atoms with Gasteiger partial charge in [0.15, 0.2) is 0 Å². The van der Waals surface area contributed by atoms with E-state index in [0.29, 0.717) is 0 Å². The molecular weight excluding hydrogens is 390 g/mol. The largest absolute Gasteiger partial charge is 0.381 e. The molecule has 0 fully saturated rings. The predicted molar refractivity (Wildman–Crippen MR) is 133 cm³/mol. The first-order valence-electron chi connectivity index (χ1n) is 10.7. The molecule has 2 N–H and O–H groups in total. The zero-order valence-corrected chi connectivity index (χ0v) is 19.3. The van der Waals surface area contributed by atoms with Gasteiger partial charge in [-0.05, 0) is 35.8 Å². The molecule has 0 saturated carbocycles. The van der Waals surface area contributed by atoms with Crippen LogP contribution in [0.25, 0.3) is 5.57 Å². The Kier molecular flexibility index (Phi) is 9.56. The van der Waals surface area contributed by atoms with E-state index in [4.69, 9.17) is 11.6 Å². The van der Waals surface area contributed by atoms with Crippen LogP contribution in [0.5, 0.6) is 0 Å². The van der Waals surface area contributed by atoms with Gasteiger partial charge in [0, 0.05) is 25.4 Å². The number of hydrogen-bond acceptors (Lipinski definition) is 3. The molecule has 0 aromatic heterocycles. The number of rotatable bonds is 6. The summed E-state index contributed by atoms with van der Waals surface area (Å²) in [5, 5.41) is 7.77. The average molecular weight is 424 g/mol. The van der Waals surface area contributed by atoms with Crippen LogP contribution in [-0.2, 0) is 6.42 Å². The van der Waals surface area contributed by atoms with Crippen LogP contribution in [-0.4, -0.2) is 24.5 Å². The Morgan fingerprint density at radius 3 is 2.57 bits per heavy atom. The van der Waals surface area contributed by atoms with Crippen LogP contribution in [0.4, 0.5) is 5.69 Å². The summed E-state index contributed by atoms with van der Waals surface area (Å²) in [6.07, 6.45) is 8.43. The van der Waals surface area contributed by atoms with Gasteiger partial charge in [0.2, 0.25) is 0 Å². The summed E-state index contributed by atoms with van der Waals surface area (Å²) in [5.41, 5.74) is 4.53. The molecular formula is C26H34ClN3. The summed E-state index contributed by atoms with van der Waals surface area (Å²) in [6.45, 7) is 11.2. The van der Waals surface area contributed by atoms with E-state index in [2.05, 4.69) is 79.4 Å². The van der Waals surface area contributed by atoms with Crippen LogP contribution in [0.2, 0.25) is 5.02 Å². The molecule has 1 aliphatic heterocycles. The van der Waals surface area contributed by atoms with E-state index in [1.54, 1.807) is 0 Å². The normalized spacial score (nSPS) is 16.8. The van der Waals surface area contributed by atoms with Gasteiger partial charge < -0.3 is 15.5 Å². The van der Waals surface area contributed by atoms with E-state index < -0.39 is 0 Å². The van der Waals surface area contributed by atoms with Crippen molar-refractivity contribution in [2.45, 2.75) is 39.7 Å². The summed E-state index contributed by atoms with van der Waals surface area (Å²) in [6, 6.07) is 16.6. The number of anilines is 1. The lowest BCUT2D eigenvalue weighted by atomic mass is 10.0. The lowest BCUT2D eigenvalue weighted by molar-refractivity contribution is 0.458. The van der Waals surface area contributed by atoms with Gasteiger partial charge in [-0.15, -0.1) is 0 Å². The van der Waals surface area contributed by atoms with Gasteiger partial charge >= 0.3 is 0 Å². The van der Waals surface area contributed by atoms with Gasteiger partial charge in [0.05, 0.1) is 16.8 Å². The summed E-state index contributed by atoms with van der Waals surface area (Å²) in [5.74, 6) is 1.05. The summed E-state index contributed by atoms with van der Waals surface area (Å²) in [7, 11) is 2.05.